The second-order valence-corrected chi connectivity index (χ2v) is 6.47. The molecule has 2 heteroatoms. The van der Waals surface area contributed by atoms with Crippen molar-refractivity contribution in [2.24, 2.45) is 11.8 Å². The molecule has 0 aromatic heterocycles. The van der Waals surface area contributed by atoms with Gasteiger partial charge in [-0.25, -0.2) is 0 Å². The molecule has 1 aromatic carbocycles. The van der Waals surface area contributed by atoms with E-state index in [0.717, 1.165) is 37.6 Å². The van der Waals surface area contributed by atoms with E-state index >= 15 is 0 Å². The van der Waals surface area contributed by atoms with Crippen LogP contribution in [0.3, 0.4) is 0 Å². The first-order valence-corrected chi connectivity index (χ1v) is 8.20. The minimum atomic E-state index is 0.776. The molecule has 2 aliphatic heterocycles. The maximum atomic E-state index is 5.52. The Labute approximate surface area is 123 Å². The summed E-state index contributed by atoms with van der Waals surface area (Å²) in [6.45, 7) is 6.82. The maximum absolute atomic E-state index is 5.52. The van der Waals surface area contributed by atoms with Gasteiger partial charge in [0.2, 0.25) is 0 Å². The molecule has 0 radical (unpaired) electrons. The lowest BCUT2D eigenvalue weighted by atomic mass is 9.81. The van der Waals surface area contributed by atoms with Crippen LogP contribution in [0.25, 0.3) is 0 Å². The SMILES string of the molecule is CC(C1CCOCC1)C1CCCN1Cc1ccccc1. The molecule has 0 aliphatic carbocycles. The van der Waals surface area contributed by atoms with Crippen LogP contribution in [0.2, 0.25) is 0 Å². The molecule has 0 amide bonds. The van der Waals surface area contributed by atoms with E-state index in [1.165, 1.54) is 37.8 Å². The van der Waals surface area contributed by atoms with Crippen LogP contribution >= 0.6 is 0 Å². The molecule has 110 valence electrons. The van der Waals surface area contributed by atoms with Crippen LogP contribution in [0.1, 0.15) is 38.2 Å². The van der Waals surface area contributed by atoms with Gasteiger partial charge in [-0.3, -0.25) is 4.90 Å². The fraction of sp³-hybridized carbons (Fsp3) is 0.667. The number of rotatable bonds is 4. The Hall–Kier alpha value is -0.860. The predicted octanol–water partition coefficient (Wildman–Crippen LogP) is 3.71. The molecule has 2 unspecified atom stereocenters. The van der Waals surface area contributed by atoms with Gasteiger partial charge in [0, 0.05) is 25.8 Å². The van der Waals surface area contributed by atoms with Gasteiger partial charge in [0.1, 0.15) is 0 Å². The van der Waals surface area contributed by atoms with Crippen molar-refractivity contribution in [3.05, 3.63) is 35.9 Å². The average Bonchev–Trinajstić information content (AvgIpc) is 2.96. The monoisotopic (exact) mass is 273 g/mol. The molecule has 2 nitrogen and oxygen atoms in total. The first-order valence-electron chi connectivity index (χ1n) is 8.20. The number of nitrogens with zero attached hydrogens (tertiary/aromatic N) is 1. The van der Waals surface area contributed by atoms with E-state index in [1.807, 2.05) is 0 Å². The van der Waals surface area contributed by atoms with Crippen molar-refractivity contribution in [3.63, 3.8) is 0 Å². The van der Waals surface area contributed by atoms with Gasteiger partial charge in [0.15, 0.2) is 0 Å². The molecule has 0 bridgehead atoms. The number of hydrogen-bond acceptors (Lipinski definition) is 2. The fourth-order valence-electron chi connectivity index (χ4n) is 4.02. The third-order valence-electron chi connectivity index (χ3n) is 5.26. The second kappa shape index (κ2) is 6.73. The lowest BCUT2D eigenvalue weighted by Crippen LogP contribution is -2.38. The Balaban J connectivity index is 1.62. The molecule has 2 heterocycles. The van der Waals surface area contributed by atoms with E-state index in [0.29, 0.717) is 0 Å². The van der Waals surface area contributed by atoms with E-state index in [4.69, 9.17) is 4.74 Å². The summed E-state index contributed by atoms with van der Waals surface area (Å²) in [5.41, 5.74) is 1.46. The van der Waals surface area contributed by atoms with Crippen LogP contribution < -0.4 is 0 Å². The summed E-state index contributed by atoms with van der Waals surface area (Å²) in [6, 6.07) is 11.7. The molecule has 0 N–H and O–H groups in total. The van der Waals surface area contributed by atoms with Gasteiger partial charge >= 0.3 is 0 Å². The average molecular weight is 273 g/mol. The number of benzene rings is 1. The number of likely N-dealkylation sites (tertiary alicyclic amines) is 1. The zero-order valence-corrected chi connectivity index (χ0v) is 12.6. The molecule has 2 fully saturated rings. The second-order valence-electron chi connectivity index (χ2n) is 6.47. The number of ether oxygens (including phenoxy) is 1. The van der Waals surface area contributed by atoms with Gasteiger partial charge in [-0.2, -0.15) is 0 Å². The highest BCUT2D eigenvalue weighted by Gasteiger charge is 2.33. The van der Waals surface area contributed by atoms with Gasteiger partial charge in [-0.15, -0.1) is 0 Å². The van der Waals surface area contributed by atoms with Crippen molar-refractivity contribution in [2.45, 2.75) is 45.2 Å². The van der Waals surface area contributed by atoms with Crippen LogP contribution in [0.15, 0.2) is 30.3 Å². The van der Waals surface area contributed by atoms with E-state index in [2.05, 4.69) is 42.2 Å². The van der Waals surface area contributed by atoms with Crippen LogP contribution in [0, 0.1) is 11.8 Å². The highest BCUT2D eigenvalue weighted by atomic mass is 16.5. The quantitative estimate of drug-likeness (QED) is 0.829. The molecule has 20 heavy (non-hydrogen) atoms. The van der Waals surface area contributed by atoms with E-state index in [-0.39, 0.29) is 0 Å². The summed E-state index contributed by atoms with van der Waals surface area (Å²) in [7, 11) is 0. The van der Waals surface area contributed by atoms with Crippen molar-refractivity contribution in [1.29, 1.82) is 0 Å². The highest BCUT2D eigenvalue weighted by molar-refractivity contribution is 5.15. The van der Waals surface area contributed by atoms with Crippen molar-refractivity contribution in [1.82, 2.24) is 4.90 Å². The lowest BCUT2D eigenvalue weighted by molar-refractivity contribution is 0.0304. The van der Waals surface area contributed by atoms with Gasteiger partial charge in [0.25, 0.3) is 0 Å². The molecule has 0 saturated carbocycles. The Morgan fingerprint density at radius 2 is 1.90 bits per heavy atom. The number of hydrogen-bond donors (Lipinski definition) is 0. The van der Waals surface area contributed by atoms with Crippen LogP contribution in [-0.2, 0) is 11.3 Å². The highest BCUT2D eigenvalue weighted by Crippen LogP contribution is 2.34. The van der Waals surface area contributed by atoms with Crippen LogP contribution in [0.4, 0.5) is 0 Å². The summed E-state index contributed by atoms with van der Waals surface area (Å²) in [5, 5.41) is 0. The van der Waals surface area contributed by atoms with Crippen molar-refractivity contribution in [2.75, 3.05) is 19.8 Å². The molecule has 2 atom stereocenters. The standard InChI is InChI=1S/C18H27NO/c1-15(17-9-12-20-13-10-17)18-8-5-11-19(18)14-16-6-3-2-4-7-16/h2-4,6-7,15,17-18H,5,8-14H2,1H3. The third kappa shape index (κ3) is 3.24. The lowest BCUT2D eigenvalue weighted by Gasteiger charge is -2.36. The molecule has 1 aromatic rings. The fourth-order valence-corrected chi connectivity index (χ4v) is 4.02. The van der Waals surface area contributed by atoms with E-state index in [9.17, 15) is 0 Å². The summed E-state index contributed by atoms with van der Waals surface area (Å²) in [6.07, 6.45) is 5.27. The smallest absolute Gasteiger partial charge is 0.0468 e. The van der Waals surface area contributed by atoms with Gasteiger partial charge in [-0.1, -0.05) is 37.3 Å². The molecular formula is C18H27NO. The summed E-state index contributed by atoms with van der Waals surface area (Å²) >= 11 is 0. The van der Waals surface area contributed by atoms with Crippen LogP contribution in [0.5, 0.6) is 0 Å². The van der Waals surface area contributed by atoms with Gasteiger partial charge in [0.05, 0.1) is 0 Å². The summed E-state index contributed by atoms with van der Waals surface area (Å²) in [5.74, 6) is 1.68. The minimum Gasteiger partial charge on any atom is -0.381 e. The first-order chi connectivity index (χ1) is 9.84. The Bertz CT molecular complexity index is 399. The maximum Gasteiger partial charge on any atom is 0.0468 e. The zero-order valence-electron chi connectivity index (χ0n) is 12.6. The molecule has 2 aliphatic rings. The molecule has 3 rings (SSSR count). The summed E-state index contributed by atoms with van der Waals surface area (Å²) < 4.78 is 5.52. The molecule has 2 saturated heterocycles. The first kappa shape index (κ1) is 14.1. The van der Waals surface area contributed by atoms with E-state index < -0.39 is 0 Å². The van der Waals surface area contributed by atoms with E-state index in [1.54, 1.807) is 0 Å². The topological polar surface area (TPSA) is 12.5 Å². The molecular weight excluding hydrogens is 246 g/mol. The van der Waals surface area contributed by atoms with Crippen molar-refractivity contribution >= 4 is 0 Å². The Morgan fingerprint density at radius 1 is 1.15 bits per heavy atom. The summed E-state index contributed by atoms with van der Waals surface area (Å²) in [4.78, 5) is 2.72. The van der Waals surface area contributed by atoms with Crippen LogP contribution in [-0.4, -0.2) is 30.7 Å². The Kier molecular flexibility index (Phi) is 4.74. The minimum absolute atomic E-state index is 0.776. The normalized spacial score (nSPS) is 26.8. The van der Waals surface area contributed by atoms with Crippen molar-refractivity contribution < 1.29 is 4.74 Å². The molecule has 0 spiro atoms. The largest absolute Gasteiger partial charge is 0.381 e. The van der Waals surface area contributed by atoms with Gasteiger partial charge in [-0.05, 0) is 49.6 Å². The zero-order chi connectivity index (χ0) is 13.8. The predicted molar refractivity (Wildman–Crippen MR) is 82.6 cm³/mol. The van der Waals surface area contributed by atoms with Gasteiger partial charge < -0.3 is 4.74 Å². The third-order valence-corrected chi connectivity index (χ3v) is 5.26. The van der Waals surface area contributed by atoms with Crippen molar-refractivity contribution in [3.8, 4) is 0 Å². The Morgan fingerprint density at radius 3 is 2.65 bits per heavy atom.